The molecular formula is C5H18O3Si4. The molecular weight excluding hydrogens is 220 g/mol. The predicted molar refractivity (Wildman–Crippen MR) is 60.1 cm³/mol. The van der Waals surface area contributed by atoms with Crippen molar-refractivity contribution < 1.29 is 12.3 Å². The lowest BCUT2D eigenvalue weighted by atomic mass is 11.8. The first-order valence-corrected chi connectivity index (χ1v) is 13.6. The molecule has 1 aliphatic heterocycles. The van der Waals surface area contributed by atoms with Gasteiger partial charge in [0.25, 0.3) is 18.6 Å². The van der Waals surface area contributed by atoms with Gasteiger partial charge in [-0.05, 0) is 31.9 Å². The van der Waals surface area contributed by atoms with E-state index < -0.39 is 36.6 Å². The van der Waals surface area contributed by atoms with E-state index in [1.165, 1.54) is 5.67 Å². The van der Waals surface area contributed by atoms with Crippen molar-refractivity contribution in [2.24, 2.45) is 0 Å². The summed E-state index contributed by atoms with van der Waals surface area (Å²) < 4.78 is 17.5. The molecule has 12 heavy (non-hydrogen) atoms. The second-order valence-electron chi connectivity index (χ2n) is 3.40. The Bertz CT molecular complexity index is 107. The first-order chi connectivity index (χ1) is 5.58. The van der Waals surface area contributed by atoms with Crippen molar-refractivity contribution in [3.05, 3.63) is 0 Å². The van der Waals surface area contributed by atoms with Crippen molar-refractivity contribution in [3.8, 4) is 0 Å². The zero-order chi connectivity index (χ0) is 9.14. The summed E-state index contributed by atoms with van der Waals surface area (Å²) in [6.07, 6.45) is 0. The van der Waals surface area contributed by atoms with E-state index in [1.54, 1.807) is 0 Å². The Labute approximate surface area is 81.2 Å². The molecule has 1 saturated heterocycles. The largest absolute Gasteiger partial charge is 0.442 e. The molecule has 4 unspecified atom stereocenters. The molecule has 0 spiro atoms. The molecule has 0 bridgehead atoms. The summed E-state index contributed by atoms with van der Waals surface area (Å²) in [7, 11) is -4.41. The van der Waals surface area contributed by atoms with E-state index >= 15 is 0 Å². The fourth-order valence-electron chi connectivity index (χ4n) is 1.57. The van der Waals surface area contributed by atoms with Crippen LogP contribution in [0.5, 0.6) is 0 Å². The van der Waals surface area contributed by atoms with Crippen LogP contribution >= 0.6 is 0 Å². The van der Waals surface area contributed by atoms with E-state index in [9.17, 15) is 0 Å². The van der Waals surface area contributed by atoms with Crippen molar-refractivity contribution in [2.45, 2.75) is 31.9 Å². The first-order valence-electron chi connectivity index (χ1n) is 4.54. The van der Waals surface area contributed by atoms with E-state index in [4.69, 9.17) is 12.3 Å². The van der Waals surface area contributed by atoms with Gasteiger partial charge in [-0.15, -0.1) is 0 Å². The molecule has 4 atom stereocenters. The zero-order valence-corrected chi connectivity index (χ0v) is 12.9. The van der Waals surface area contributed by atoms with Crippen LogP contribution in [0.4, 0.5) is 0 Å². The van der Waals surface area contributed by atoms with Gasteiger partial charge >= 0.3 is 0 Å². The predicted octanol–water partition coefficient (Wildman–Crippen LogP) is -0.00320. The Kier molecular flexibility index (Phi) is 4.36. The summed E-state index contributed by atoms with van der Waals surface area (Å²) in [6, 6.07) is 0. The summed E-state index contributed by atoms with van der Waals surface area (Å²) in [5.74, 6) is 0. The highest BCUT2D eigenvalue weighted by Gasteiger charge is 2.24. The van der Waals surface area contributed by atoms with Crippen LogP contribution in [0.2, 0.25) is 31.9 Å². The standard InChI is InChI=1S/C5H18O3Si4/c1-9-5-10(2)7-12(4)8-11(3)6-9/h9-12H,5H2,1-4H3. The Morgan fingerprint density at radius 2 is 1.17 bits per heavy atom. The molecule has 1 fully saturated rings. The van der Waals surface area contributed by atoms with Crippen LogP contribution in [-0.2, 0) is 12.3 Å². The topological polar surface area (TPSA) is 27.7 Å². The molecule has 72 valence electrons. The lowest BCUT2D eigenvalue weighted by molar-refractivity contribution is 0.375. The molecule has 0 saturated carbocycles. The van der Waals surface area contributed by atoms with Gasteiger partial charge in [-0.2, -0.15) is 0 Å². The quantitative estimate of drug-likeness (QED) is 0.556. The van der Waals surface area contributed by atoms with Gasteiger partial charge < -0.3 is 12.3 Å². The van der Waals surface area contributed by atoms with Gasteiger partial charge in [0.1, 0.15) is 0 Å². The van der Waals surface area contributed by atoms with Gasteiger partial charge in [0.05, 0.1) is 0 Å². The van der Waals surface area contributed by atoms with Crippen LogP contribution < -0.4 is 0 Å². The summed E-state index contributed by atoms with van der Waals surface area (Å²) in [5, 5.41) is 0. The fraction of sp³-hybridized carbons (Fsp3) is 1.00. The summed E-state index contributed by atoms with van der Waals surface area (Å²) in [5.41, 5.74) is 1.28. The van der Waals surface area contributed by atoms with E-state index in [1.807, 2.05) is 0 Å². The number of hydrogen-bond acceptors (Lipinski definition) is 3. The maximum absolute atomic E-state index is 5.88. The normalized spacial score (nSPS) is 45.0. The molecule has 7 heteroatoms. The van der Waals surface area contributed by atoms with Crippen molar-refractivity contribution in [3.63, 3.8) is 0 Å². The minimum absolute atomic E-state index is 0.916. The molecule has 0 radical (unpaired) electrons. The Morgan fingerprint density at radius 1 is 0.750 bits per heavy atom. The van der Waals surface area contributed by atoms with Gasteiger partial charge in [-0.25, -0.2) is 0 Å². The van der Waals surface area contributed by atoms with Gasteiger partial charge in [0, 0.05) is 0 Å². The molecule has 1 aliphatic rings. The van der Waals surface area contributed by atoms with E-state index in [0.29, 0.717) is 0 Å². The van der Waals surface area contributed by atoms with Gasteiger partial charge in [-0.1, -0.05) is 0 Å². The van der Waals surface area contributed by atoms with Crippen LogP contribution in [0.15, 0.2) is 0 Å². The van der Waals surface area contributed by atoms with Crippen molar-refractivity contribution in [1.82, 2.24) is 0 Å². The molecule has 0 aromatic heterocycles. The second-order valence-corrected chi connectivity index (χ2v) is 14.1. The lowest BCUT2D eigenvalue weighted by Crippen LogP contribution is -2.42. The fourth-order valence-corrected chi connectivity index (χ4v) is 17.3. The van der Waals surface area contributed by atoms with Crippen LogP contribution in [0.3, 0.4) is 0 Å². The molecule has 0 aromatic rings. The highest BCUT2D eigenvalue weighted by Crippen LogP contribution is 2.09. The third-order valence-corrected chi connectivity index (χ3v) is 17.1. The molecule has 0 aliphatic carbocycles. The summed E-state index contributed by atoms with van der Waals surface area (Å²) in [4.78, 5) is 0. The average molecular weight is 239 g/mol. The Hall–Kier alpha value is 0.748. The summed E-state index contributed by atoms with van der Waals surface area (Å²) >= 11 is 0. The third-order valence-electron chi connectivity index (χ3n) is 1.90. The molecule has 0 N–H and O–H groups in total. The van der Waals surface area contributed by atoms with Crippen molar-refractivity contribution >= 4 is 36.6 Å². The highest BCUT2D eigenvalue weighted by molar-refractivity contribution is 6.79. The van der Waals surface area contributed by atoms with Crippen LogP contribution in [0, 0.1) is 0 Å². The van der Waals surface area contributed by atoms with Crippen LogP contribution in [0.1, 0.15) is 0 Å². The first kappa shape index (κ1) is 10.8. The van der Waals surface area contributed by atoms with E-state index in [-0.39, 0.29) is 0 Å². The Balaban J connectivity index is 2.45. The van der Waals surface area contributed by atoms with Gasteiger partial charge in [0.15, 0.2) is 18.1 Å². The molecule has 1 rings (SSSR count). The summed E-state index contributed by atoms with van der Waals surface area (Å²) in [6.45, 7) is 8.76. The maximum Gasteiger partial charge on any atom is 0.298 e. The number of hydrogen-bond donors (Lipinski definition) is 0. The van der Waals surface area contributed by atoms with Gasteiger partial charge in [-0.3, -0.25) is 0 Å². The minimum Gasteiger partial charge on any atom is -0.442 e. The molecule has 1 heterocycles. The molecule has 3 nitrogen and oxygen atoms in total. The van der Waals surface area contributed by atoms with Crippen molar-refractivity contribution in [1.29, 1.82) is 0 Å². The van der Waals surface area contributed by atoms with E-state index in [2.05, 4.69) is 26.2 Å². The monoisotopic (exact) mass is 238 g/mol. The maximum atomic E-state index is 5.88. The Morgan fingerprint density at radius 3 is 1.58 bits per heavy atom. The van der Waals surface area contributed by atoms with Crippen LogP contribution in [-0.4, -0.2) is 36.6 Å². The minimum atomic E-state index is -1.29. The lowest BCUT2D eigenvalue weighted by Gasteiger charge is -2.28. The average Bonchev–Trinajstić information content (AvgIpc) is 1.81. The smallest absolute Gasteiger partial charge is 0.298 e. The van der Waals surface area contributed by atoms with Crippen molar-refractivity contribution in [2.75, 3.05) is 0 Å². The molecule has 0 amide bonds. The third kappa shape index (κ3) is 3.64. The SMILES string of the molecule is C[SiH]1C[SiH](C)O[SiH](C)O[SiH](C)O1. The zero-order valence-electron chi connectivity index (χ0n) is 8.24. The second kappa shape index (κ2) is 4.84. The molecule has 0 aromatic carbocycles. The van der Waals surface area contributed by atoms with Gasteiger partial charge in [0.2, 0.25) is 0 Å². The van der Waals surface area contributed by atoms with Crippen LogP contribution in [0.25, 0.3) is 0 Å². The highest BCUT2D eigenvalue weighted by atomic mass is 28.5. The number of rotatable bonds is 0. The van der Waals surface area contributed by atoms with E-state index in [0.717, 1.165) is 0 Å².